The average Bonchev–Trinajstić information content (AvgIpc) is 3.35. The lowest BCUT2D eigenvalue weighted by atomic mass is 9.75. The third-order valence-electron chi connectivity index (χ3n) is 6.46. The molecule has 2 aromatic carbocycles. The molecule has 1 fully saturated rings. The lowest BCUT2D eigenvalue weighted by Crippen LogP contribution is -2.41. The fraction of sp³-hybridized carbons (Fsp3) is 0.333. The molecule has 1 amide bonds. The van der Waals surface area contributed by atoms with E-state index in [-0.39, 0.29) is 11.3 Å². The Labute approximate surface area is 176 Å². The van der Waals surface area contributed by atoms with Crippen molar-refractivity contribution in [3.8, 4) is 16.9 Å². The number of hydrogen-bond donors (Lipinski definition) is 0. The van der Waals surface area contributed by atoms with E-state index in [1.165, 1.54) is 5.56 Å². The molecule has 0 saturated carbocycles. The summed E-state index contributed by atoms with van der Waals surface area (Å²) in [4.78, 5) is 15.3. The lowest BCUT2D eigenvalue weighted by Gasteiger charge is -2.34. The van der Waals surface area contributed by atoms with E-state index in [0.717, 1.165) is 48.6 Å². The Kier molecular flexibility index (Phi) is 4.59. The van der Waals surface area contributed by atoms with E-state index in [2.05, 4.69) is 29.4 Å². The number of carbonyl (C=O) groups is 1. The molecular weight excluding hydrogens is 378 g/mol. The standard InChI is InChI=1S/C24H25N3O3/c1-26-22(8-11-25-26)23(28)27-16-24(9-12-30-13-10-24)20-15-18(6-7-21(20)27)17-4-3-5-19(14-17)29-2/h3-8,11,14-15H,9-10,12-13,16H2,1-2H3. The highest BCUT2D eigenvalue weighted by molar-refractivity contribution is 6.07. The third kappa shape index (κ3) is 2.99. The van der Waals surface area contributed by atoms with Crippen LogP contribution in [0.4, 0.5) is 5.69 Å². The third-order valence-corrected chi connectivity index (χ3v) is 6.46. The van der Waals surface area contributed by atoms with Crippen molar-refractivity contribution in [2.24, 2.45) is 7.05 Å². The number of aromatic nitrogens is 2. The van der Waals surface area contributed by atoms with Gasteiger partial charge in [0.2, 0.25) is 0 Å². The molecular formula is C24H25N3O3. The summed E-state index contributed by atoms with van der Waals surface area (Å²) in [5.41, 5.74) is 5.00. The van der Waals surface area contributed by atoms with Crippen LogP contribution >= 0.6 is 0 Å². The van der Waals surface area contributed by atoms with Crippen molar-refractivity contribution in [3.05, 3.63) is 66.0 Å². The first-order valence-corrected chi connectivity index (χ1v) is 10.3. The molecule has 154 valence electrons. The zero-order valence-electron chi connectivity index (χ0n) is 17.3. The second-order valence-corrected chi connectivity index (χ2v) is 8.09. The van der Waals surface area contributed by atoms with E-state index in [1.54, 1.807) is 31.1 Å². The number of rotatable bonds is 3. The van der Waals surface area contributed by atoms with E-state index in [0.29, 0.717) is 12.2 Å². The molecule has 1 saturated heterocycles. The summed E-state index contributed by atoms with van der Waals surface area (Å²) in [5.74, 6) is 0.829. The molecule has 30 heavy (non-hydrogen) atoms. The van der Waals surface area contributed by atoms with Crippen molar-refractivity contribution in [1.82, 2.24) is 9.78 Å². The van der Waals surface area contributed by atoms with Crippen molar-refractivity contribution < 1.29 is 14.3 Å². The molecule has 1 aromatic heterocycles. The first-order valence-electron chi connectivity index (χ1n) is 10.3. The molecule has 3 aromatic rings. The molecule has 1 spiro atoms. The molecule has 0 aliphatic carbocycles. The highest BCUT2D eigenvalue weighted by Crippen LogP contribution is 2.48. The van der Waals surface area contributed by atoms with E-state index < -0.39 is 0 Å². The summed E-state index contributed by atoms with van der Waals surface area (Å²) in [6.45, 7) is 2.12. The van der Waals surface area contributed by atoms with Gasteiger partial charge in [-0.15, -0.1) is 0 Å². The predicted molar refractivity (Wildman–Crippen MR) is 115 cm³/mol. The number of amides is 1. The van der Waals surface area contributed by atoms with Gasteiger partial charge in [-0.3, -0.25) is 9.48 Å². The summed E-state index contributed by atoms with van der Waals surface area (Å²) in [5, 5.41) is 4.18. The van der Waals surface area contributed by atoms with Crippen LogP contribution in [0, 0.1) is 0 Å². The Morgan fingerprint density at radius 3 is 2.63 bits per heavy atom. The number of fused-ring (bicyclic) bond motifs is 2. The summed E-state index contributed by atoms with van der Waals surface area (Å²) in [7, 11) is 3.49. The first-order chi connectivity index (χ1) is 14.6. The van der Waals surface area contributed by atoms with Crippen molar-refractivity contribution >= 4 is 11.6 Å². The molecule has 0 N–H and O–H groups in total. The van der Waals surface area contributed by atoms with Gasteiger partial charge in [0.1, 0.15) is 11.4 Å². The van der Waals surface area contributed by atoms with Gasteiger partial charge in [0.25, 0.3) is 5.91 Å². The van der Waals surface area contributed by atoms with Crippen LogP contribution in [0.5, 0.6) is 5.75 Å². The Bertz CT molecular complexity index is 1100. The van der Waals surface area contributed by atoms with Gasteiger partial charge in [0.05, 0.1) is 7.11 Å². The second-order valence-electron chi connectivity index (χ2n) is 8.09. The van der Waals surface area contributed by atoms with Gasteiger partial charge in [0, 0.05) is 44.1 Å². The average molecular weight is 403 g/mol. The van der Waals surface area contributed by atoms with E-state index in [9.17, 15) is 4.79 Å². The number of anilines is 1. The van der Waals surface area contributed by atoms with Crippen LogP contribution in [0.3, 0.4) is 0 Å². The smallest absolute Gasteiger partial charge is 0.276 e. The maximum absolute atomic E-state index is 13.4. The second kappa shape index (κ2) is 7.29. The summed E-state index contributed by atoms with van der Waals surface area (Å²) < 4.78 is 12.7. The molecule has 6 heteroatoms. The van der Waals surface area contributed by atoms with Crippen LogP contribution in [-0.4, -0.2) is 42.6 Å². The zero-order valence-corrected chi connectivity index (χ0v) is 17.3. The van der Waals surface area contributed by atoms with E-state index in [1.807, 2.05) is 23.1 Å². The van der Waals surface area contributed by atoms with Crippen molar-refractivity contribution in [3.63, 3.8) is 0 Å². The topological polar surface area (TPSA) is 56.6 Å². The van der Waals surface area contributed by atoms with Crippen molar-refractivity contribution in [2.45, 2.75) is 18.3 Å². The minimum atomic E-state index is -0.0727. The monoisotopic (exact) mass is 403 g/mol. The van der Waals surface area contributed by atoms with Crippen molar-refractivity contribution in [2.75, 3.05) is 31.8 Å². The largest absolute Gasteiger partial charge is 0.497 e. The number of carbonyl (C=O) groups excluding carboxylic acids is 1. The molecule has 2 aliphatic heterocycles. The number of methoxy groups -OCH3 is 1. The van der Waals surface area contributed by atoms with Gasteiger partial charge in [-0.2, -0.15) is 5.10 Å². The first kappa shape index (κ1) is 18.9. The van der Waals surface area contributed by atoms with Crippen LogP contribution in [0.2, 0.25) is 0 Å². The van der Waals surface area contributed by atoms with Crippen LogP contribution in [-0.2, 0) is 17.2 Å². The fourth-order valence-corrected chi connectivity index (χ4v) is 4.74. The summed E-state index contributed by atoms with van der Waals surface area (Å²) in [6, 6.07) is 16.3. The number of hydrogen-bond acceptors (Lipinski definition) is 4. The Morgan fingerprint density at radius 1 is 1.10 bits per heavy atom. The zero-order chi connectivity index (χ0) is 20.7. The Hall–Kier alpha value is -3.12. The van der Waals surface area contributed by atoms with Gasteiger partial charge in [-0.25, -0.2) is 0 Å². The maximum atomic E-state index is 13.4. The summed E-state index contributed by atoms with van der Waals surface area (Å²) in [6.07, 6.45) is 3.49. The normalized spacial score (nSPS) is 17.2. The minimum absolute atomic E-state index is 0.00579. The lowest BCUT2D eigenvalue weighted by molar-refractivity contribution is 0.0546. The van der Waals surface area contributed by atoms with Gasteiger partial charge in [0.15, 0.2) is 0 Å². The van der Waals surface area contributed by atoms with Gasteiger partial charge >= 0.3 is 0 Å². The molecule has 5 rings (SSSR count). The van der Waals surface area contributed by atoms with Crippen LogP contribution in [0.1, 0.15) is 28.9 Å². The van der Waals surface area contributed by atoms with Gasteiger partial charge in [-0.05, 0) is 59.9 Å². The highest BCUT2D eigenvalue weighted by Gasteiger charge is 2.46. The Morgan fingerprint density at radius 2 is 1.90 bits per heavy atom. The minimum Gasteiger partial charge on any atom is -0.497 e. The van der Waals surface area contributed by atoms with E-state index in [4.69, 9.17) is 9.47 Å². The van der Waals surface area contributed by atoms with Crippen LogP contribution in [0.25, 0.3) is 11.1 Å². The van der Waals surface area contributed by atoms with Crippen LogP contribution < -0.4 is 9.64 Å². The molecule has 0 radical (unpaired) electrons. The highest BCUT2D eigenvalue weighted by atomic mass is 16.5. The number of ether oxygens (including phenoxy) is 2. The SMILES string of the molecule is COc1cccc(-c2ccc3c(c2)C2(CCOCC2)CN3C(=O)c2ccnn2C)c1. The fourth-order valence-electron chi connectivity index (χ4n) is 4.74. The maximum Gasteiger partial charge on any atom is 0.276 e. The molecule has 6 nitrogen and oxygen atoms in total. The molecule has 0 bridgehead atoms. The van der Waals surface area contributed by atoms with E-state index >= 15 is 0 Å². The molecule has 3 heterocycles. The number of aryl methyl sites for hydroxylation is 1. The number of nitrogens with zero attached hydrogens (tertiary/aromatic N) is 3. The van der Waals surface area contributed by atoms with Gasteiger partial charge in [-0.1, -0.05) is 18.2 Å². The molecule has 0 unspecified atom stereocenters. The van der Waals surface area contributed by atoms with Crippen molar-refractivity contribution in [1.29, 1.82) is 0 Å². The summed E-state index contributed by atoms with van der Waals surface area (Å²) >= 11 is 0. The van der Waals surface area contributed by atoms with Gasteiger partial charge < -0.3 is 14.4 Å². The quantitative estimate of drug-likeness (QED) is 0.667. The Balaban J connectivity index is 1.60. The molecule has 0 atom stereocenters. The van der Waals surface area contributed by atoms with Crippen LogP contribution in [0.15, 0.2) is 54.7 Å². The number of benzene rings is 2. The predicted octanol–water partition coefficient (Wildman–Crippen LogP) is 3.80. The molecule has 2 aliphatic rings.